The number of hydrogen-bond donors (Lipinski definition) is 2. The zero-order valence-corrected chi connectivity index (χ0v) is 12.5. The van der Waals surface area contributed by atoms with Crippen LogP contribution in [-0.2, 0) is 0 Å². The summed E-state index contributed by atoms with van der Waals surface area (Å²) in [5.74, 6) is 5.94. The second-order valence-corrected chi connectivity index (χ2v) is 5.93. The van der Waals surface area contributed by atoms with E-state index in [1.54, 1.807) is 30.0 Å². The maximum atomic E-state index is 14.0. The normalized spacial score (nSPS) is 12.4. The third-order valence-corrected chi connectivity index (χ3v) is 4.44. The van der Waals surface area contributed by atoms with Crippen LogP contribution in [0.2, 0.25) is 0 Å². The molecule has 0 aromatic heterocycles. The van der Waals surface area contributed by atoms with E-state index in [2.05, 4.69) is 21.4 Å². The third kappa shape index (κ3) is 3.79. The SMILES string of the molecule is NNC(CSc1ccccc1)c1cccc(Br)c1F. The highest BCUT2D eigenvalue weighted by atomic mass is 79.9. The molecule has 2 aromatic carbocycles. The lowest BCUT2D eigenvalue weighted by Crippen LogP contribution is -2.30. The van der Waals surface area contributed by atoms with Crippen LogP contribution < -0.4 is 11.3 Å². The summed E-state index contributed by atoms with van der Waals surface area (Å²) in [6.07, 6.45) is 0. The Labute approximate surface area is 124 Å². The van der Waals surface area contributed by atoms with E-state index in [-0.39, 0.29) is 11.9 Å². The second kappa shape index (κ2) is 7.05. The molecule has 0 bridgehead atoms. The molecule has 0 spiro atoms. The van der Waals surface area contributed by atoms with Crippen molar-refractivity contribution in [2.45, 2.75) is 10.9 Å². The Balaban J connectivity index is 2.10. The first-order valence-corrected chi connectivity index (χ1v) is 7.58. The van der Waals surface area contributed by atoms with Crippen LogP contribution in [0.25, 0.3) is 0 Å². The van der Waals surface area contributed by atoms with Crippen molar-refractivity contribution in [2.24, 2.45) is 5.84 Å². The van der Waals surface area contributed by atoms with Crippen LogP contribution >= 0.6 is 27.7 Å². The standard InChI is InChI=1S/C14H14BrFN2S/c15-12-8-4-7-11(14(12)16)13(18-17)9-19-10-5-2-1-3-6-10/h1-8,13,18H,9,17H2. The van der Waals surface area contributed by atoms with Crippen molar-refractivity contribution in [1.29, 1.82) is 0 Å². The van der Waals surface area contributed by atoms with Gasteiger partial charge >= 0.3 is 0 Å². The van der Waals surface area contributed by atoms with Gasteiger partial charge in [0.2, 0.25) is 0 Å². The fourth-order valence-electron chi connectivity index (χ4n) is 1.71. The Kier molecular flexibility index (Phi) is 5.39. The summed E-state index contributed by atoms with van der Waals surface area (Å²) >= 11 is 4.83. The van der Waals surface area contributed by atoms with Crippen molar-refractivity contribution < 1.29 is 4.39 Å². The zero-order valence-electron chi connectivity index (χ0n) is 10.1. The lowest BCUT2D eigenvalue weighted by atomic mass is 10.1. The molecule has 0 saturated carbocycles. The molecule has 2 nitrogen and oxygen atoms in total. The third-order valence-electron chi connectivity index (χ3n) is 2.72. The van der Waals surface area contributed by atoms with Gasteiger partial charge in [0.25, 0.3) is 0 Å². The molecule has 100 valence electrons. The maximum absolute atomic E-state index is 14.0. The van der Waals surface area contributed by atoms with E-state index in [0.717, 1.165) is 4.90 Å². The monoisotopic (exact) mass is 340 g/mol. The summed E-state index contributed by atoms with van der Waals surface area (Å²) < 4.78 is 14.5. The quantitative estimate of drug-likeness (QED) is 0.492. The number of nitrogens with two attached hydrogens (primary N) is 1. The first-order chi connectivity index (χ1) is 9.22. The molecule has 0 heterocycles. The van der Waals surface area contributed by atoms with Crippen LogP contribution in [0.3, 0.4) is 0 Å². The molecular weight excluding hydrogens is 327 g/mol. The minimum absolute atomic E-state index is 0.234. The number of rotatable bonds is 5. The van der Waals surface area contributed by atoms with E-state index in [4.69, 9.17) is 5.84 Å². The molecule has 2 aromatic rings. The Morgan fingerprint density at radius 1 is 1.16 bits per heavy atom. The molecular formula is C14H14BrFN2S. The molecule has 0 amide bonds. The molecule has 0 aliphatic carbocycles. The number of nitrogens with one attached hydrogen (secondary N) is 1. The van der Waals surface area contributed by atoms with Gasteiger partial charge in [-0.1, -0.05) is 30.3 Å². The number of halogens is 2. The lowest BCUT2D eigenvalue weighted by molar-refractivity contribution is 0.543. The number of hydrogen-bond acceptors (Lipinski definition) is 3. The Bertz CT molecular complexity index is 536. The largest absolute Gasteiger partial charge is 0.271 e. The van der Waals surface area contributed by atoms with Crippen LogP contribution in [-0.4, -0.2) is 5.75 Å². The van der Waals surface area contributed by atoms with E-state index >= 15 is 0 Å². The first kappa shape index (κ1) is 14.5. The topological polar surface area (TPSA) is 38.0 Å². The molecule has 19 heavy (non-hydrogen) atoms. The predicted molar refractivity (Wildman–Crippen MR) is 81.3 cm³/mol. The van der Waals surface area contributed by atoms with Crippen molar-refractivity contribution in [3.63, 3.8) is 0 Å². The summed E-state index contributed by atoms with van der Waals surface area (Å²) in [7, 11) is 0. The van der Waals surface area contributed by atoms with Gasteiger partial charge in [-0.25, -0.2) is 4.39 Å². The highest BCUT2D eigenvalue weighted by Gasteiger charge is 2.16. The minimum Gasteiger partial charge on any atom is -0.271 e. The number of thioether (sulfide) groups is 1. The molecule has 0 saturated heterocycles. The van der Waals surface area contributed by atoms with Crippen LogP contribution in [0.4, 0.5) is 4.39 Å². The highest BCUT2D eigenvalue weighted by Crippen LogP contribution is 2.28. The summed E-state index contributed by atoms with van der Waals surface area (Å²) in [6, 6.07) is 15.0. The Hall–Kier alpha value is -0.880. The summed E-state index contributed by atoms with van der Waals surface area (Å²) in [5.41, 5.74) is 3.24. The van der Waals surface area contributed by atoms with E-state index in [1.165, 1.54) is 0 Å². The molecule has 0 aliphatic rings. The predicted octanol–water partition coefficient (Wildman–Crippen LogP) is 3.88. The van der Waals surface area contributed by atoms with Crippen molar-refractivity contribution in [2.75, 3.05) is 5.75 Å². The molecule has 0 fully saturated rings. The van der Waals surface area contributed by atoms with Crippen LogP contribution in [0, 0.1) is 5.82 Å². The fourth-order valence-corrected chi connectivity index (χ4v) is 3.08. The average molecular weight is 341 g/mol. The van der Waals surface area contributed by atoms with Crippen molar-refractivity contribution in [3.8, 4) is 0 Å². The summed E-state index contributed by atoms with van der Waals surface area (Å²) in [6.45, 7) is 0. The maximum Gasteiger partial charge on any atom is 0.142 e. The minimum atomic E-state index is -0.265. The molecule has 0 radical (unpaired) electrons. The number of hydrazine groups is 1. The highest BCUT2D eigenvalue weighted by molar-refractivity contribution is 9.10. The van der Waals surface area contributed by atoms with Crippen molar-refractivity contribution in [3.05, 3.63) is 64.4 Å². The van der Waals surface area contributed by atoms with Gasteiger partial charge in [-0.3, -0.25) is 11.3 Å². The van der Waals surface area contributed by atoms with E-state index in [1.807, 2.05) is 30.3 Å². The van der Waals surface area contributed by atoms with E-state index in [9.17, 15) is 4.39 Å². The molecule has 1 unspecified atom stereocenters. The van der Waals surface area contributed by atoms with Gasteiger partial charge in [-0.05, 0) is 34.1 Å². The fraction of sp³-hybridized carbons (Fsp3) is 0.143. The van der Waals surface area contributed by atoms with Gasteiger partial charge in [0.15, 0.2) is 0 Å². The smallest absolute Gasteiger partial charge is 0.142 e. The molecule has 2 rings (SSSR count). The van der Waals surface area contributed by atoms with Crippen molar-refractivity contribution >= 4 is 27.7 Å². The molecule has 0 aliphatic heterocycles. The summed E-state index contributed by atoms with van der Waals surface area (Å²) in [5, 5.41) is 0. The Morgan fingerprint density at radius 2 is 1.89 bits per heavy atom. The molecule has 5 heteroatoms. The van der Waals surface area contributed by atoms with Gasteiger partial charge in [0.1, 0.15) is 5.82 Å². The van der Waals surface area contributed by atoms with E-state index < -0.39 is 0 Å². The lowest BCUT2D eigenvalue weighted by Gasteiger charge is -2.17. The van der Waals surface area contributed by atoms with Gasteiger partial charge in [0.05, 0.1) is 10.5 Å². The molecule has 3 N–H and O–H groups in total. The van der Waals surface area contributed by atoms with Crippen LogP contribution in [0.5, 0.6) is 0 Å². The first-order valence-electron chi connectivity index (χ1n) is 5.80. The van der Waals surface area contributed by atoms with Gasteiger partial charge in [0, 0.05) is 16.2 Å². The Morgan fingerprint density at radius 3 is 2.58 bits per heavy atom. The van der Waals surface area contributed by atoms with Crippen molar-refractivity contribution in [1.82, 2.24) is 5.43 Å². The van der Waals surface area contributed by atoms with Gasteiger partial charge < -0.3 is 0 Å². The molecule has 1 atom stereocenters. The second-order valence-electron chi connectivity index (χ2n) is 3.99. The van der Waals surface area contributed by atoms with Crippen LogP contribution in [0.1, 0.15) is 11.6 Å². The number of benzene rings is 2. The van der Waals surface area contributed by atoms with E-state index in [0.29, 0.717) is 15.8 Å². The summed E-state index contributed by atoms with van der Waals surface area (Å²) in [4.78, 5) is 1.14. The van der Waals surface area contributed by atoms with Crippen LogP contribution in [0.15, 0.2) is 57.9 Å². The van der Waals surface area contributed by atoms with Gasteiger partial charge in [-0.15, -0.1) is 11.8 Å². The average Bonchev–Trinajstić information content (AvgIpc) is 2.45. The van der Waals surface area contributed by atoms with Gasteiger partial charge in [-0.2, -0.15) is 0 Å². The zero-order chi connectivity index (χ0) is 13.7.